The Labute approximate surface area is 109 Å². The molecule has 1 aromatic heterocycles. The van der Waals surface area contributed by atoms with Crippen LogP contribution in [0.3, 0.4) is 0 Å². The summed E-state index contributed by atoms with van der Waals surface area (Å²) in [6, 6.07) is 7.78. The summed E-state index contributed by atoms with van der Waals surface area (Å²) in [4.78, 5) is 18.5. The minimum absolute atomic E-state index is 0.0744. The van der Waals surface area contributed by atoms with E-state index < -0.39 is 0 Å². The van der Waals surface area contributed by atoms with Gasteiger partial charge in [0, 0.05) is 23.9 Å². The van der Waals surface area contributed by atoms with E-state index in [0.717, 1.165) is 22.5 Å². The summed E-state index contributed by atoms with van der Waals surface area (Å²) < 4.78 is 1.17. The van der Waals surface area contributed by atoms with Crippen LogP contribution in [0.2, 0.25) is 0 Å². The van der Waals surface area contributed by atoms with Gasteiger partial charge in [0.15, 0.2) is 0 Å². The SMILES string of the molecule is CC1=Nc2ccccc2C1=Cc1[nH]c(=O)n(C)c1O. The number of para-hydroxylation sites is 1. The fourth-order valence-electron chi connectivity index (χ4n) is 2.19. The van der Waals surface area contributed by atoms with E-state index in [2.05, 4.69) is 9.98 Å². The number of hydrogen-bond donors (Lipinski definition) is 2. The summed E-state index contributed by atoms with van der Waals surface area (Å²) in [5.41, 5.74) is 3.74. The van der Waals surface area contributed by atoms with Crippen molar-refractivity contribution in [3.63, 3.8) is 0 Å². The Bertz CT molecular complexity index is 778. The van der Waals surface area contributed by atoms with Crippen LogP contribution in [0.1, 0.15) is 18.2 Å². The van der Waals surface area contributed by atoms with Gasteiger partial charge in [0.05, 0.1) is 5.69 Å². The molecule has 5 nitrogen and oxygen atoms in total. The maximum Gasteiger partial charge on any atom is 0.328 e. The number of imidazole rings is 1. The molecular formula is C14H13N3O2. The molecule has 2 N–H and O–H groups in total. The molecule has 0 amide bonds. The largest absolute Gasteiger partial charge is 0.493 e. The molecule has 2 heterocycles. The second kappa shape index (κ2) is 3.98. The molecule has 1 aliphatic heterocycles. The molecule has 0 saturated heterocycles. The molecule has 5 heteroatoms. The van der Waals surface area contributed by atoms with E-state index in [-0.39, 0.29) is 11.6 Å². The Kier molecular flexibility index (Phi) is 2.41. The highest BCUT2D eigenvalue weighted by atomic mass is 16.3. The minimum Gasteiger partial charge on any atom is -0.493 e. The van der Waals surface area contributed by atoms with Gasteiger partial charge in [-0.05, 0) is 19.1 Å². The van der Waals surface area contributed by atoms with Gasteiger partial charge in [0.25, 0.3) is 0 Å². The summed E-state index contributed by atoms with van der Waals surface area (Å²) in [6.45, 7) is 1.91. The number of benzene rings is 1. The van der Waals surface area contributed by atoms with Crippen LogP contribution in [0.25, 0.3) is 11.6 Å². The highest BCUT2D eigenvalue weighted by molar-refractivity contribution is 6.31. The fraction of sp³-hybridized carbons (Fsp3) is 0.143. The summed E-state index contributed by atoms with van der Waals surface area (Å²) in [5, 5.41) is 9.86. The molecule has 96 valence electrons. The van der Waals surface area contributed by atoms with Gasteiger partial charge in [-0.25, -0.2) is 4.79 Å². The highest BCUT2D eigenvalue weighted by Crippen LogP contribution is 2.35. The zero-order chi connectivity index (χ0) is 13.6. The quantitative estimate of drug-likeness (QED) is 0.818. The third-order valence-electron chi connectivity index (χ3n) is 3.27. The van der Waals surface area contributed by atoms with Crippen molar-refractivity contribution in [1.82, 2.24) is 9.55 Å². The molecule has 0 radical (unpaired) electrons. The molecule has 0 bridgehead atoms. The molecule has 0 spiro atoms. The first-order valence-corrected chi connectivity index (χ1v) is 5.92. The summed E-state index contributed by atoms with van der Waals surface area (Å²) in [6.07, 6.45) is 1.75. The number of aliphatic imine (C=N–C) groups is 1. The van der Waals surface area contributed by atoms with Gasteiger partial charge in [0.1, 0.15) is 5.69 Å². The van der Waals surface area contributed by atoms with E-state index in [1.807, 2.05) is 31.2 Å². The van der Waals surface area contributed by atoms with Crippen LogP contribution in [0.4, 0.5) is 5.69 Å². The number of rotatable bonds is 1. The molecule has 2 aromatic rings. The maximum atomic E-state index is 11.4. The van der Waals surface area contributed by atoms with Crippen LogP contribution >= 0.6 is 0 Å². The number of nitrogens with one attached hydrogen (secondary N) is 1. The standard InChI is InChI=1S/C14H13N3O2/c1-8-10(9-5-3-4-6-11(9)15-8)7-12-13(18)17(2)14(19)16-12/h3-7,18H,1-2H3,(H,16,19). The van der Waals surface area contributed by atoms with E-state index >= 15 is 0 Å². The lowest BCUT2D eigenvalue weighted by atomic mass is 10.0. The third-order valence-corrected chi connectivity index (χ3v) is 3.27. The first-order valence-electron chi connectivity index (χ1n) is 5.92. The van der Waals surface area contributed by atoms with Crippen molar-refractivity contribution in [3.8, 4) is 5.88 Å². The zero-order valence-corrected chi connectivity index (χ0v) is 10.6. The Morgan fingerprint density at radius 3 is 2.79 bits per heavy atom. The van der Waals surface area contributed by atoms with Crippen molar-refractivity contribution >= 4 is 23.0 Å². The van der Waals surface area contributed by atoms with Crippen LogP contribution in [-0.4, -0.2) is 20.4 Å². The van der Waals surface area contributed by atoms with Crippen molar-refractivity contribution in [1.29, 1.82) is 0 Å². The van der Waals surface area contributed by atoms with E-state index in [9.17, 15) is 9.90 Å². The summed E-state index contributed by atoms with van der Waals surface area (Å²) >= 11 is 0. The summed E-state index contributed by atoms with van der Waals surface area (Å²) in [7, 11) is 1.51. The molecular weight excluding hydrogens is 242 g/mol. The van der Waals surface area contributed by atoms with Gasteiger partial charge in [-0.3, -0.25) is 9.56 Å². The molecule has 0 atom stereocenters. The molecule has 0 fully saturated rings. The van der Waals surface area contributed by atoms with Crippen molar-refractivity contribution in [2.24, 2.45) is 12.0 Å². The van der Waals surface area contributed by atoms with Gasteiger partial charge in [-0.2, -0.15) is 0 Å². The number of aromatic nitrogens is 2. The molecule has 0 aliphatic carbocycles. The molecule has 3 rings (SSSR count). The number of nitrogens with zero attached hydrogens (tertiary/aromatic N) is 2. The lowest BCUT2D eigenvalue weighted by Gasteiger charge is -2.01. The Morgan fingerprint density at radius 2 is 2.11 bits per heavy atom. The van der Waals surface area contributed by atoms with Crippen LogP contribution in [0.5, 0.6) is 5.88 Å². The van der Waals surface area contributed by atoms with Gasteiger partial charge < -0.3 is 10.1 Å². The Balaban J connectivity index is 2.17. The van der Waals surface area contributed by atoms with Crippen molar-refractivity contribution < 1.29 is 5.11 Å². The van der Waals surface area contributed by atoms with Crippen LogP contribution < -0.4 is 5.69 Å². The van der Waals surface area contributed by atoms with Gasteiger partial charge in [0.2, 0.25) is 5.88 Å². The lowest BCUT2D eigenvalue weighted by Crippen LogP contribution is -2.11. The normalized spacial score (nSPS) is 15.7. The first kappa shape index (κ1) is 11.5. The number of hydrogen-bond acceptors (Lipinski definition) is 3. The molecule has 0 unspecified atom stereocenters. The number of fused-ring (bicyclic) bond motifs is 1. The average molecular weight is 255 g/mol. The van der Waals surface area contributed by atoms with Crippen LogP contribution in [0, 0.1) is 0 Å². The smallest absolute Gasteiger partial charge is 0.328 e. The van der Waals surface area contributed by atoms with Crippen molar-refractivity contribution in [2.75, 3.05) is 0 Å². The number of aromatic hydroxyl groups is 1. The van der Waals surface area contributed by atoms with Crippen LogP contribution in [-0.2, 0) is 7.05 Å². The molecule has 19 heavy (non-hydrogen) atoms. The zero-order valence-electron chi connectivity index (χ0n) is 10.6. The number of aromatic amines is 1. The molecule has 1 aromatic carbocycles. The van der Waals surface area contributed by atoms with E-state index in [0.29, 0.717) is 5.69 Å². The highest BCUT2D eigenvalue weighted by Gasteiger charge is 2.18. The van der Waals surface area contributed by atoms with E-state index in [4.69, 9.17) is 0 Å². The van der Waals surface area contributed by atoms with Crippen molar-refractivity contribution in [2.45, 2.75) is 6.92 Å². The third kappa shape index (κ3) is 1.71. The maximum absolute atomic E-state index is 11.4. The minimum atomic E-state index is -0.342. The first-order chi connectivity index (χ1) is 9.08. The fourth-order valence-corrected chi connectivity index (χ4v) is 2.19. The predicted molar refractivity (Wildman–Crippen MR) is 74.8 cm³/mol. The van der Waals surface area contributed by atoms with Crippen LogP contribution in [0.15, 0.2) is 34.1 Å². The van der Waals surface area contributed by atoms with Gasteiger partial charge >= 0.3 is 5.69 Å². The van der Waals surface area contributed by atoms with Gasteiger partial charge in [-0.1, -0.05) is 18.2 Å². The Hall–Kier alpha value is -2.56. The number of allylic oxidation sites excluding steroid dienone is 1. The van der Waals surface area contributed by atoms with Crippen molar-refractivity contribution in [3.05, 3.63) is 46.0 Å². The van der Waals surface area contributed by atoms with E-state index in [1.165, 1.54) is 11.6 Å². The Morgan fingerprint density at radius 1 is 1.37 bits per heavy atom. The number of H-pyrrole nitrogens is 1. The predicted octanol–water partition coefficient (Wildman–Crippen LogP) is 2.07. The van der Waals surface area contributed by atoms with E-state index in [1.54, 1.807) is 6.08 Å². The van der Waals surface area contributed by atoms with Gasteiger partial charge in [-0.15, -0.1) is 0 Å². The lowest BCUT2D eigenvalue weighted by molar-refractivity contribution is 0.428. The second-order valence-corrected chi connectivity index (χ2v) is 4.50. The average Bonchev–Trinajstić information content (AvgIpc) is 2.83. The monoisotopic (exact) mass is 255 g/mol. The molecule has 0 saturated carbocycles. The second-order valence-electron chi connectivity index (χ2n) is 4.50. The topological polar surface area (TPSA) is 70.4 Å². The molecule has 1 aliphatic rings. The summed E-state index contributed by atoms with van der Waals surface area (Å²) in [5.74, 6) is -0.0744.